The van der Waals surface area contributed by atoms with Gasteiger partial charge in [0.25, 0.3) is 0 Å². The molecular formula is C23H16N6. The predicted molar refractivity (Wildman–Crippen MR) is 116 cm³/mol. The highest BCUT2D eigenvalue weighted by Gasteiger charge is 2.18. The largest absolute Gasteiger partial charge is 0.338 e. The number of amidine groups is 1. The summed E-state index contributed by atoms with van der Waals surface area (Å²) in [5.74, 6) is 0.740. The molecule has 1 aliphatic rings. The van der Waals surface area contributed by atoms with Gasteiger partial charge in [-0.2, -0.15) is 10.2 Å². The van der Waals surface area contributed by atoms with Crippen molar-refractivity contribution in [2.75, 3.05) is 5.32 Å². The molecule has 29 heavy (non-hydrogen) atoms. The summed E-state index contributed by atoms with van der Waals surface area (Å²) in [5.41, 5.74) is 5.79. The molecule has 5 aromatic rings. The molecule has 0 saturated heterocycles. The lowest BCUT2D eigenvalue weighted by Crippen LogP contribution is -2.08. The molecule has 0 atom stereocenters. The van der Waals surface area contributed by atoms with E-state index in [9.17, 15) is 0 Å². The van der Waals surface area contributed by atoms with Crippen LogP contribution in [0.2, 0.25) is 0 Å². The van der Waals surface area contributed by atoms with Crippen molar-refractivity contribution in [1.29, 1.82) is 0 Å². The standard InChI is InChI=1S/C23H16N6/c1-2-6-15(7-3-1)20-12-21(26-18-10-4-8-16-13-24-28-22(16)18)27-19-11-5-9-17-14-25-29(20)23(17)19/h1-14H,(H,24,28)(H,26,27). The number of para-hydroxylation sites is 2. The summed E-state index contributed by atoms with van der Waals surface area (Å²) < 4.78 is 1.98. The average molecular weight is 376 g/mol. The second-order valence-electron chi connectivity index (χ2n) is 6.93. The van der Waals surface area contributed by atoms with Gasteiger partial charge in [-0.15, -0.1) is 0 Å². The Kier molecular flexibility index (Phi) is 3.37. The van der Waals surface area contributed by atoms with E-state index in [0.29, 0.717) is 0 Å². The molecule has 0 saturated carbocycles. The van der Waals surface area contributed by atoms with Gasteiger partial charge in [-0.1, -0.05) is 54.6 Å². The molecule has 3 aromatic carbocycles. The smallest absolute Gasteiger partial charge is 0.133 e. The maximum Gasteiger partial charge on any atom is 0.133 e. The third-order valence-corrected chi connectivity index (χ3v) is 5.12. The second-order valence-corrected chi connectivity index (χ2v) is 6.93. The molecule has 2 aromatic heterocycles. The zero-order valence-corrected chi connectivity index (χ0v) is 15.4. The van der Waals surface area contributed by atoms with E-state index in [2.05, 4.69) is 44.9 Å². The van der Waals surface area contributed by atoms with E-state index in [0.717, 1.165) is 50.3 Å². The Morgan fingerprint density at radius 1 is 0.828 bits per heavy atom. The van der Waals surface area contributed by atoms with Crippen molar-refractivity contribution in [2.24, 2.45) is 4.99 Å². The molecule has 0 unspecified atom stereocenters. The van der Waals surface area contributed by atoms with Crippen LogP contribution in [0.15, 0.2) is 90.2 Å². The Balaban J connectivity index is 1.61. The predicted octanol–water partition coefficient (Wildman–Crippen LogP) is 4.96. The molecule has 0 spiro atoms. The molecule has 0 bridgehead atoms. The van der Waals surface area contributed by atoms with E-state index in [1.54, 1.807) is 6.20 Å². The Labute approximate surface area is 166 Å². The Morgan fingerprint density at radius 3 is 2.62 bits per heavy atom. The summed E-state index contributed by atoms with van der Waals surface area (Å²) in [5, 5.41) is 17.5. The summed E-state index contributed by atoms with van der Waals surface area (Å²) in [6, 6.07) is 22.4. The SMILES string of the molecule is C1=C(c2ccccc2)n2ncc3cccc(c32)NC1=Nc1cccc2cn[nH]c12. The van der Waals surface area contributed by atoms with Crippen LogP contribution in [0.4, 0.5) is 11.4 Å². The number of aromatic amines is 1. The summed E-state index contributed by atoms with van der Waals surface area (Å²) in [4.78, 5) is 4.92. The summed E-state index contributed by atoms with van der Waals surface area (Å²) in [6.07, 6.45) is 5.74. The van der Waals surface area contributed by atoms with Crippen molar-refractivity contribution >= 4 is 44.7 Å². The molecular weight excluding hydrogens is 360 g/mol. The van der Waals surface area contributed by atoms with Crippen LogP contribution in [0.3, 0.4) is 0 Å². The second kappa shape index (κ2) is 6.17. The van der Waals surface area contributed by atoms with Crippen LogP contribution in [0.5, 0.6) is 0 Å². The number of aliphatic imine (C=N–C) groups is 1. The molecule has 6 nitrogen and oxygen atoms in total. The molecule has 0 aliphatic carbocycles. The highest BCUT2D eigenvalue weighted by molar-refractivity contribution is 6.15. The fourth-order valence-corrected chi connectivity index (χ4v) is 3.78. The van der Waals surface area contributed by atoms with Gasteiger partial charge in [0.15, 0.2) is 0 Å². The Morgan fingerprint density at radius 2 is 1.69 bits per heavy atom. The molecule has 6 heteroatoms. The van der Waals surface area contributed by atoms with Crippen molar-refractivity contribution in [3.8, 4) is 0 Å². The number of nitrogens with zero attached hydrogens (tertiary/aromatic N) is 4. The van der Waals surface area contributed by atoms with E-state index in [1.165, 1.54) is 0 Å². The van der Waals surface area contributed by atoms with Gasteiger partial charge in [0, 0.05) is 22.4 Å². The number of aromatic nitrogens is 4. The lowest BCUT2D eigenvalue weighted by atomic mass is 10.1. The summed E-state index contributed by atoms with van der Waals surface area (Å²) in [6.45, 7) is 0. The van der Waals surface area contributed by atoms with Gasteiger partial charge in [0.1, 0.15) is 5.84 Å². The van der Waals surface area contributed by atoms with E-state index >= 15 is 0 Å². The molecule has 1 aliphatic heterocycles. The lowest BCUT2D eigenvalue weighted by molar-refractivity contribution is 0.937. The van der Waals surface area contributed by atoms with Crippen molar-refractivity contribution in [3.63, 3.8) is 0 Å². The molecule has 0 amide bonds. The highest BCUT2D eigenvalue weighted by atomic mass is 15.3. The number of nitrogens with one attached hydrogen (secondary N) is 2. The third kappa shape index (κ3) is 2.54. The van der Waals surface area contributed by atoms with E-state index < -0.39 is 0 Å². The van der Waals surface area contributed by atoms with Crippen LogP contribution in [-0.4, -0.2) is 25.8 Å². The van der Waals surface area contributed by atoms with E-state index in [4.69, 9.17) is 4.99 Å². The zero-order valence-electron chi connectivity index (χ0n) is 15.4. The van der Waals surface area contributed by atoms with Gasteiger partial charge in [-0.3, -0.25) is 5.10 Å². The van der Waals surface area contributed by atoms with Gasteiger partial charge in [0.2, 0.25) is 0 Å². The number of benzene rings is 3. The quantitative estimate of drug-likeness (QED) is 0.458. The molecule has 0 fully saturated rings. The van der Waals surface area contributed by atoms with Gasteiger partial charge in [-0.25, -0.2) is 9.67 Å². The topological polar surface area (TPSA) is 70.9 Å². The first-order valence-electron chi connectivity index (χ1n) is 9.39. The Bertz CT molecular complexity index is 1420. The van der Waals surface area contributed by atoms with Gasteiger partial charge in [0.05, 0.1) is 40.5 Å². The number of H-pyrrole nitrogens is 1. The minimum Gasteiger partial charge on any atom is -0.338 e. The average Bonchev–Trinajstić information content (AvgIpc) is 3.37. The number of hydrogen-bond donors (Lipinski definition) is 2. The van der Waals surface area contributed by atoms with Crippen LogP contribution in [0, 0.1) is 0 Å². The fourth-order valence-electron chi connectivity index (χ4n) is 3.78. The summed E-state index contributed by atoms with van der Waals surface area (Å²) >= 11 is 0. The number of hydrogen-bond acceptors (Lipinski definition) is 3. The molecule has 138 valence electrons. The minimum atomic E-state index is 0.740. The van der Waals surface area contributed by atoms with E-state index in [1.807, 2.05) is 59.4 Å². The van der Waals surface area contributed by atoms with Crippen LogP contribution in [0.1, 0.15) is 5.56 Å². The van der Waals surface area contributed by atoms with Gasteiger partial charge >= 0.3 is 0 Å². The van der Waals surface area contributed by atoms with Crippen LogP contribution >= 0.6 is 0 Å². The zero-order chi connectivity index (χ0) is 19.2. The molecule has 0 radical (unpaired) electrons. The van der Waals surface area contributed by atoms with Gasteiger partial charge < -0.3 is 5.32 Å². The molecule has 2 N–H and O–H groups in total. The maximum absolute atomic E-state index is 4.92. The van der Waals surface area contributed by atoms with Crippen molar-refractivity contribution < 1.29 is 0 Å². The number of fused-ring (bicyclic) bond motifs is 1. The normalized spacial score (nSPS) is 14.8. The molecule has 3 heterocycles. The monoisotopic (exact) mass is 376 g/mol. The maximum atomic E-state index is 4.92. The first-order chi connectivity index (χ1) is 14.4. The third-order valence-electron chi connectivity index (χ3n) is 5.12. The highest BCUT2D eigenvalue weighted by Crippen LogP contribution is 2.32. The van der Waals surface area contributed by atoms with Crippen molar-refractivity contribution in [2.45, 2.75) is 0 Å². The number of rotatable bonds is 2. The minimum absolute atomic E-state index is 0.740. The number of anilines is 1. The van der Waals surface area contributed by atoms with Crippen LogP contribution in [-0.2, 0) is 0 Å². The molecule has 6 rings (SSSR count). The fraction of sp³-hybridized carbons (Fsp3) is 0. The van der Waals surface area contributed by atoms with Crippen LogP contribution in [0.25, 0.3) is 27.5 Å². The summed E-state index contributed by atoms with van der Waals surface area (Å²) in [7, 11) is 0. The first-order valence-corrected chi connectivity index (χ1v) is 9.39. The first kappa shape index (κ1) is 15.8. The van der Waals surface area contributed by atoms with E-state index in [-0.39, 0.29) is 0 Å². The van der Waals surface area contributed by atoms with Crippen molar-refractivity contribution in [1.82, 2.24) is 20.0 Å². The van der Waals surface area contributed by atoms with Crippen LogP contribution < -0.4 is 5.32 Å². The van der Waals surface area contributed by atoms with Crippen molar-refractivity contribution in [3.05, 3.63) is 90.8 Å². The van der Waals surface area contributed by atoms with Gasteiger partial charge in [-0.05, 0) is 12.1 Å². The Hall–Kier alpha value is -4.19. The lowest BCUT2D eigenvalue weighted by Gasteiger charge is -2.08.